The molecule has 1 heterocycles. The van der Waals surface area contributed by atoms with Gasteiger partial charge in [0.25, 0.3) is 0 Å². The molecule has 5 N–H and O–H groups in total. The van der Waals surface area contributed by atoms with Gasteiger partial charge >= 0.3 is 0 Å². The molecule has 3 aromatic carbocycles. The summed E-state index contributed by atoms with van der Waals surface area (Å²) in [5.74, 6) is -0.389. The molecule has 210 valence electrons. The lowest BCUT2D eigenvalue weighted by molar-refractivity contribution is -0.123. The summed E-state index contributed by atoms with van der Waals surface area (Å²) >= 11 is 0. The van der Waals surface area contributed by atoms with Gasteiger partial charge in [0.15, 0.2) is 23.0 Å². The zero-order chi connectivity index (χ0) is 28.6. The predicted molar refractivity (Wildman–Crippen MR) is 151 cm³/mol. The summed E-state index contributed by atoms with van der Waals surface area (Å²) < 4.78 is 10.5. The van der Waals surface area contributed by atoms with Crippen molar-refractivity contribution in [2.75, 3.05) is 14.2 Å². The van der Waals surface area contributed by atoms with Crippen LogP contribution in [0.1, 0.15) is 34.6 Å². The van der Waals surface area contributed by atoms with Crippen LogP contribution in [0.4, 0.5) is 0 Å². The fourth-order valence-corrected chi connectivity index (χ4v) is 5.04. The van der Waals surface area contributed by atoms with E-state index in [9.17, 15) is 25.2 Å². The largest absolute Gasteiger partial charge is 0.508 e. The minimum atomic E-state index is -0.962. The number of carbonyl (C=O) groups is 1. The number of carbonyl (C=O) groups excluding carboxylic acids is 1. The van der Waals surface area contributed by atoms with Crippen LogP contribution in [0.15, 0.2) is 79.1 Å². The minimum absolute atomic E-state index is 0.000337. The summed E-state index contributed by atoms with van der Waals surface area (Å²) in [6, 6.07) is 18.5. The van der Waals surface area contributed by atoms with Gasteiger partial charge in [-0.3, -0.25) is 4.79 Å². The first-order valence-corrected chi connectivity index (χ1v) is 13.1. The maximum absolute atomic E-state index is 13.8. The number of phenols is 3. The Labute approximate surface area is 233 Å². The van der Waals surface area contributed by atoms with Gasteiger partial charge in [-0.1, -0.05) is 24.3 Å². The van der Waals surface area contributed by atoms with Gasteiger partial charge in [-0.05, 0) is 89.9 Å². The predicted octanol–water partition coefficient (Wildman–Crippen LogP) is 4.90. The third-order valence-electron chi connectivity index (χ3n) is 7.20. The van der Waals surface area contributed by atoms with Gasteiger partial charge in [-0.15, -0.1) is 0 Å². The van der Waals surface area contributed by atoms with E-state index >= 15 is 0 Å². The van der Waals surface area contributed by atoms with Crippen molar-refractivity contribution in [2.45, 2.75) is 37.7 Å². The van der Waals surface area contributed by atoms with Crippen LogP contribution >= 0.6 is 0 Å². The Morgan fingerprint density at radius 1 is 0.800 bits per heavy atom. The topological polar surface area (TPSA) is 132 Å². The summed E-state index contributed by atoms with van der Waals surface area (Å²) in [4.78, 5) is 16.9. The van der Waals surface area contributed by atoms with Crippen molar-refractivity contribution in [3.05, 3.63) is 101 Å². The third kappa shape index (κ3) is 7.15. The zero-order valence-electron chi connectivity index (χ0n) is 22.6. The number of ketones is 1. The number of phenolic OH excluding ortho intramolecular Hbond substituents is 3. The number of hydrogen-bond acceptors (Lipinski definition) is 7. The first kappa shape index (κ1) is 28.6. The van der Waals surface area contributed by atoms with E-state index in [1.807, 2.05) is 18.5 Å². The highest BCUT2D eigenvalue weighted by Gasteiger charge is 2.29. The maximum Gasteiger partial charge on any atom is 0.160 e. The van der Waals surface area contributed by atoms with Gasteiger partial charge in [0.1, 0.15) is 11.5 Å². The molecule has 0 radical (unpaired) electrons. The van der Waals surface area contributed by atoms with E-state index in [0.717, 1.165) is 16.7 Å². The van der Waals surface area contributed by atoms with Gasteiger partial charge in [-0.2, -0.15) is 0 Å². The molecule has 0 aliphatic carbocycles. The molecule has 8 nitrogen and oxygen atoms in total. The molecule has 0 spiro atoms. The highest BCUT2D eigenvalue weighted by atomic mass is 16.5. The average molecular weight is 546 g/mol. The molecule has 8 heteroatoms. The molecule has 0 saturated heterocycles. The molecule has 4 aromatic rings. The van der Waals surface area contributed by atoms with Crippen molar-refractivity contribution in [3.63, 3.8) is 0 Å². The second-order valence-electron chi connectivity index (χ2n) is 9.99. The second-order valence-corrected chi connectivity index (χ2v) is 9.99. The fourth-order valence-electron chi connectivity index (χ4n) is 5.04. The van der Waals surface area contributed by atoms with E-state index in [1.54, 1.807) is 54.6 Å². The van der Waals surface area contributed by atoms with Crippen molar-refractivity contribution < 1.29 is 34.7 Å². The van der Waals surface area contributed by atoms with Crippen LogP contribution in [0.5, 0.6) is 28.7 Å². The van der Waals surface area contributed by atoms with Crippen molar-refractivity contribution in [3.8, 4) is 28.7 Å². The van der Waals surface area contributed by atoms with E-state index in [-0.39, 0.29) is 35.4 Å². The lowest BCUT2D eigenvalue weighted by Crippen LogP contribution is -2.30. The minimum Gasteiger partial charge on any atom is -0.508 e. The standard InChI is InChI=1S/C32H35NO7/c1-39-31-15-20(6-8-27(31)35)12-24(13-22-10-11-33-19-22)29(37)18-30(38)26(23-4-3-5-25(34)17-23)14-21-7-9-28(36)32(16-21)40-2/h3-11,15-17,19,24,26,29,33-37H,12-14,18H2,1-2H3. The molecule has 40 heavy (non-hydrogen) atoms. The molecule has 0 aliphatic rings. The summed E-state index contributed by atoms with van der Waals surface area (Å²) in [5, 5.41) is 41.6. The lowest BCUT2D eigenvalue weighted by atomic mass is 9.81. The Hall–Kier alpha value is -4.43. The molecule has 1 aromatic heterocycles. The van der Waals surface area contributed by atoms with Gasteiger partial charge in [0.05, 0.1) is 20.3 Å². The number of rotatable bonds is 13. The monoisotopic (exact) mass is 545 g/mol. The van der Waals surface area contributed by atoms with E-state index in [1.165, 1.54) is 20.3 Å². The number of aliphatic hydroxyl groups is 1. The van der Waals surface area contributed by atoms with Crippen molar-refractivity contribution in [1.82, 2.24) is 4.98 Å². The highest BCUT2D eigenvalue weighted by molar-refractivity contribution is 5.86. The number of H-pyrrole nitrogens is 1. The van der Waals surface area contributed by atoms with Crippen LogP contribution in [0.2, 0.25) is 0 Å². The maximum atomic E-state index is 13.8. The van der Waals surface area contributed by atoms with Crippen LogP contribution in [0.3, 0.4) is 0 Å². The normalized spacial score (nSPS) is 13.4. The Morgan fingerprint density at radius 3 is 2.00 bits per heavy atom. The highest BCUT2D eigenvalue weighted by Crippen LogP contribution is 2.33. The van der Waals surface area contributed by atoms with Gasteiger partial charge in [0.2, 0.25) is 0 Å². The summed E-state index contributed by atoms with van der Waals surface area (Å²) in [6.07, 6.45) is 3.92. The third-order valence-corrected chi connectivity index (χ3v) is 7.20. The van der Waals surface area contributed by atoms with Crippen molar-refractivity contribution >= 4 is 5.78 Å². The molecule has 0 saturated carbocycles. The van der Waals surface area contributed by atoms with Gasteiger partial charge < -0.3 is 34.9 Å². The first-order chi connectivity index (χ1) is 19.3. The number of aliphatic hydroxyl groups excluding tert-OH is 1. The van der Waals surface area contributed by atoms with Crippen molar-refractivity contribution in [2.24, 2.45) is 5.92 Å². The van der Waals surface area contributed by atoms with Gasteiger partial charge in [0, 0.05) is 24.7 Å². The summed E-state index contributed by atoms with van der Waals surface area (Å²) in [5.41, 5.74) is 3.27. The smallest absolute Gasteiger partial charge is 0.160 e. The fraction of sp³-hybridized carbons (Fsp3) is 0.281. The number of ether oxygens (including phenoxy) is 2. The Bertz CT molecular complexity index is 1420. The molecule has 3 unspecified atom stereocenters. The summed E-state index contributed by atoms with van der Waals surface area (Å²) in [6.45, 7) is 0. The van der Waals surface area contributed by atoms with Crippen LogP contribution in [-0.4, -0.2) is 51.5 Å². The number of Topliss-reactive ketones (excluding diaryl/α,β-unsaturated/α-hetero) is 1. The number of aromatic nitrogens is 1. The second kappa shape index (κ2) is 13.1. The van der Waals surface area contributed by atoms with E-state index in [4.69, 9.17) is 9.47 Å². The van der Waals surface area contributed by atoms with Crippen LogP contribution in [0, 0.1) is 5.92 Å². The molecule has 0 aliphatic heterocycles. The Balaban J connectivity index is 1.59. The molecular formula is C32H35NO7. The quantitative estimate of drug-likeness (QED) is 0.161. The van der Waals surface area contributed by atoms with Crippen molar-refractivity contribution in [1.29, 1.82) is 0 Å². The molecule has 0 fully saturated rings. The SMILES string of the molecule is COc1cc(CC(C(=O)CC(O)C(Cc2cc[nH]c2)Cc2ccc(O)c(OC)c2)c2cccc(O)c2)ccc1O. The number of nitrogens with one attached hydrogen (secondary N) is 1. The van der Waals surface area contributed by atoms with E-state index in [2.05, 4.69) is 4.98 Å². The lowest BCUT2D eigenvalue weighted by Gasteiger charge is -2.25. The number of aromatic amines is 1. The Morgan fingerprint density at radius 2 is 1.43 bits per heavy atom. The zero-order valence-corrected chi connectivity index (χ0v) is 22.6. The van der Waals surface area contributed by atoms with Crippen LogP contribution in [-0.2, 0) is 24.1 Å². The average Bonchev–Trinajstić information content (AvgIpc) is 3.46. The number of aromatic hydroxyl groups is 3. The molecule has 3 atom stereocenters. The molecular weight excluding hydrogens is 510 g/mol. The molecule has 0 amide bonds. The van der Waals surface area contributed by atoms with Crippen LogP contribution < -0.4 is 9.47 Å². The number of methoxy groups -OCH3 is 2. The van der Waals surface area contributed by atoms with Gasteiger partial charge in [-0.25, -0.2) is 0 Å². The molecule has 4 rings (SSSR count). The summed E-state index contributed by atoms with van der Waals surface area (Å²) in [7, 11) is 2.94. The number of benzene rings is 3. The van der Waals surface area contributed by atoms with E-state index in [0.29, 0.717) is 36.3 Å². The number of hydrogen-bond donors (Lipinski definition) is 5. The van der Waals surface area contributed by atoms with Crippen LogP contribution in [0.25, 0.3) is 0 Å². The first-order valence-electron chi connectivity index (χ1n) is 13.1. The molecule has 0 bridgehead atoms. The van der Waals surface area contributed by atoms with E-state index < -0.39 is 12.0 Å². The Kier molecular flexibility index (Phi) is 9.35.